The molecular formula is C27H32N4O3. The third-order valence-corrected chi connectivity index (χ3v) is 7.75. The van der Waals surface area contributed by atoms with E-state index in [1.54, 1.807) is 6.07 Å². The highest BCUT2D eigenvalue weighted by Gasteiger charge is 2.34. The monoisotopic (exact) mass is 460 g/mol. The molecule has 2 aromatic heterocycles. The Kier molecular flexibility index (Phi) is 5.75. The lowest BCUT2D eigenvalue weighted by Crippen LogP contribution is -2.47. The first-order chi connectivity index (χ1) is 16.7. The molecule has 1 aromatic carbocycles. The zero-order valence-electron chi connectivity index (χ0n) is 19.6. The van der Waals surface area contributed by atoms with Crippen molar-refractivity contribution in [1.29, 1.82) is 0 Å². The summed E-state index contributed by atoms with van der Waals surface area (Å²) in [6.07, 6.45) is 4.71. The number of aromatic nitrogens is 2. The normalized spacial score (nSPS) is 22.6. The number of fused-ring (bicyclic) bond motifs is 5. The Morgan fingerprint density at radius 2 is 1.85 bits per heavy atom. The van der Waals surface area contributed by atoms with Crippen LogP contribution in [0.2, 0.25) is 0 Å². The molecule has 7 heteroatoms. The molecule has 34 heavy (non-hydrogen) atoms. The highest BCUT2D eigenvalue weighted by atomic mass is 16.5. The smallest absolute Gasteiger partial charge is 0.250 e. The number of amides is 1. The van der Waals surface area contributed by atoms with E-state index in [4.69, 9.17) is 4.74 Å². The summed E-state index contributed by atoms with van der Waals surface area (Å²) < 4.78 is 9.72. The Bertz CT molecular complexity index is 1260. The van der Waals surface area contributed by atoms with Gasteiger partial charge in [0, 0.05) is 73.9 Å². The van der Waals surface area contributed by atoms with Gasteiger partial charge in [-0.3, -0.25) is 14.5 Å². The fourth-order valence-electron chi connectivity index (χ4n) is 6.18. The molecule has 0 N–H and O–H groups in total. The van der Waals surface area contributed by atoms with E-state index < -0.39 is 0 Å². The van der Waals surface area contributed by atoms with E-state index in [1.165, 1.54) is 28.6 Å². The maximum Gasteiger partial charge on any atom is 0.250 e. The molecule has 2 saturated heterocycles. The van der Waals surface area contributed by atoms with Gasteiger partial charge in [-0.25, -0.2) is 0 Å². The predicted molar refractivity (Wildman–Crippen MR) is 131 cm³/mol. The Hall–Kier alpha value is -2.90. The number of rotatable bonds is 5. The summed E-state index contributed by atoms with van der Waals surface area (Å²) >= 11 is 0. The molecule has 3 aliphatic rings. The number of hydrogen-bond acceptors (Lipinski definition) is 4. The molecule has 0 saturated carbocycles. The average Bonchev–Trinajstić information content (AvgIpc) is 3.21. The zero-order valence-corrected chi connectivity index (χ0v) is 19.6. The summed E-state index contributed by atoms with van der Waals surface area (Å²) in [6, 6.07) is 14.2. The Morgan fingerprint density at radius 3 is 2.74 bits per heavy atom. The number of benzene rings is 1. The Balaban J connectivity index is 1.19. The van der Waals surface area contributed by atoms with E-state index in [2.05, 4.69) is 46.0 Å². The van der Waals surface area contributed by atoms with Crippen molar-refractivity contribution in [2.24, 2.45) is 5.92 Å². The van der Waals surface area contributed by atoms with E-state index in [1.807, 2.05) is 15.5 Å². The fraction of sp³-hybridized carbons (Fsp3) is 0.481. The molecule has 0 aliphatic carbocycles. The summed E-state index contributed by atoms with van der Waals surface area (Å²) in [5.41, 5.74) is 3.79. The van der Waals surface area contributed by atoms with Crippen LogP contribution in [0, 0.1) is 5.92 Å². The van der Waals surface area contributed by atoms with Crippen LogP contribution in [0.3, 0.4) is 0 Å². The summed E-state index contributed by atoms with van der Waals surface area (Å²) in [5.74, 6) is 1.14. The van der Waals surface area contributed by atoms with Crippen LogP contribution in [0.1, 0.15) is 30.0 Å². The molecule has 6 rings (SSSR count). The lowest BCUT2D eigenvalue weighted by atomic mass is 9.83. The third-order valence-electron chi connectivity index (χ3n) is 7.75. The van der Waals surface area contributed by atoms with Crippen LogP contribution in [0.15, 0.2) is 53.5 Å². The van der Waals surface area contributed by atoms with Gasteiger partial charge in [0.1, 0.15) is 0 Å². The van der Waals surface area contributed by atoms with Crippen LogP contribution in [-0.2, 0) is 29.2 Å². The second kappa shape index (κ2) is 9.04. The highest BCUT2D eigenvalue weighted by Crippen LogP contribution is 2.35. The molecule has 7 nitrogen and oxygen atoms in total. The number of ether oxygens (including phenoxy) is 1. The van der Waals surface area contributed by atoms with E-state index in [-0.39, 0.29) is 11.5 Å². The van der Waals surface area contributed by atoms with Gasteiger partial charge in [0.05, 0.1) is 19.9 Å². The van der Waals surface area contributed by atoms with Crippen molar-refractivity contribution in [1.82, 2.24) is 18.9 Å². The number of carbonyl (C=O) groups is 1. The van der Waals surface area contributed by atoms with Crippen LogP contribution < -0.4 is 5.56 Å². The molecule has 0 unspecified atom stereocenters. The SMILES string of the molecule is O=C(CCc1cn(CN2C[C@H]3C[C@@H](C2)c2cccc(=O)n2C3)c2ccccc12)N1CCOCC1. The molecule has 2 atom stereocenters. The number of aryl methyl sites for hydroxylation is 1. The zero-order chi connectivity index (χ0) is 23.1. The first-order valence-electron chi connectivity index (χ1n) is 12.5. The van der Waals surface area contributed by atoms with Gasteiger partial charge in [-0.05, 0) is 36.5 Å². The van der Waals surface area contributed by atoms with Crippen LogP contribution in [0.25, 0.3) is 10.9 Å². The van der Waals surface area contributed by atoms with Gasteiger partial charge in [-0.2, -0.15) is 0 Å². The second-order valence-electron chi connectivity index (χ2n) is 10.0. The summed E-state index contributed by atoms with van der Waals surface area (Å²) in [5, 5.41) is 1.24. The van der Waals surface area contributed by atoms with Crippen molar-refractivity contribution in [3.05, 3.63) is 70.3 Å². The topological polar surface area (TPSA) is 59.7 Å². The number of pyridine rings is 1. The summed E-state index contributed by atoms with van der Waals surface area (Å²) in [7, 11) is 0. The van der Waals surface area contributed by atoms with Crippen LogP contribution in [0.5, 0.6) is 0 Å². The van der Waals surface area contributed by atoms with Crippen LogP contribution in [-0.4, -0.2) is 64.2 Å². The van der Waals surface area contributed by atoms with E-state index in [0.29, 0.717) is 44.6 Å². The number of likely N-dealkylation sites (tertiary alicyclic amines) is 1. The van der Waals surface area contributed by atoms with Gasteiger partial charge in [0.15, 0.2) is 0 Å². The minimum absolute atomic E-state index is 0.133. The number of morpholine rings is 1. The molecule has 1 amide bonds. The van der Waals surface area contributed by atoms with Crippen molar-refractivity contribution in [3.63, 3.8) is 0 Å². The standard InChI is InChI=1S/C27H32N4O3/c32-26(29-10-12-34-13-11-29)9-8-21-18-30(25-5-2-1-4-23(21)25)19-28-15-20-14-22(17-28)24-6-3-7-27(33)31(24)16-20/h1-7,18,20,22H,8-17,19H2/t20-,22+/m1/s1. The van der Waals surface area contributed by atoms with Crippen molar-refractivity contribution in [2.45, 2.75) is 38.4 Å². The number of para-hydroxylation sites is 1. The molecule has 3 aliphatic heterocycles. The Labute approximate surface area is 199 Å². The van der Waals surface area contributed by atoms with E-state index in [9.17, 15) is 9.59 Å². The molecule has 5 heterocycles. The number of nitrogens with zero attached hydrogens (tertiary/aromatic N) is 4. The third kappa shape index (κ3) is 4.07. The minimum atomic E-state index is 0.133. The lowest BCUT2D eigenvalue weighted by Gasteiger charge is -2.42. The van der Waals surface area contributed by atoms with Crippen molar-refractivity contribution >= 4 is 16.8 Å². The average molecular weight is 461 g/mol. The maximum absolute atomic E-state index is 12.7. The maximum atomic E-state index is 12.7. The molecule has 178 valence electrons. The number of carbonyl (C=O) groups excluding carboxylic acids is 1. The minimum Gasteiger partial charge on any atom is -0.378 e. The van der Waals surface area contributed by atoms with Crippen LogP contribution in [0.4, 0.5) is 0 Å². The lowest BCUT2D eigenvalue weighted by molar-refractivity contribution is -0.135. The molecule has 2 bridgehead atoms. The van der Waals surface area contributed by atoms with Crippen molar-refractivity contribution < 1.29 is 9.53 Å². The van der Waals surface area contributed by atoms with E-state index >= 15 is 0 Å². The largest absolute Gasteiger partial charge is 0.378 e. The predicted octanol–water partition coefficient (Wildman–Crippen LogP) is 2.67. The van der Waals surface area contributed by atoms with Crippen molar-refractivity contribution in [3.8, 4) is 0 Å². The van der Waals surface area contributed by atoms with Crippen LogP contribution >= 0.6 is 0 Å². The molecule has 3 aromatic rings. The first-order valence-corrected chi connectivity index (χ1v) is 12.5. The summed E-state index contributed by atoms with van der Waals surface area (Å²) in [6.45, 7) is 6.32. The molecule has 2 fully saturated rings. The second-order valence-corrected chi connectivity index (χ2v) is 10.0. The van der Waals surface area contributed by atoms with Gasteiger partial charge >= 0.3 is 0 Å². The number of hydrogen-bond donors (Lipinski definition) is 0. The number of piperidine rings is 1. The summed E-state index contributed by atoms with van der Waals surface area (Å²) in [4.78, 5) is 29.5. The first kappa shape index (κ1) is 21.6. The fourth-order valence-corrected chi connectivity index (χ4v) is 6.18. The van der Waals surface area contributed by atoms with Gasteiger partial charge < -0.3 is 18.8 Å². The van der Waals surface area contributed by atoms with E-state index in [0.717, 1.165) is 32.7 Å². The molecular weight excluding hydrogens is 428 g/mol. The van der Waals surface area contributed by atoms with Gasteiger partial charge in [0.2, 0.25) is 5.91 Å². The van der Waals surface area contributed by atoms with Gasteiger partial charge in [0.25, 0.3) is 5.56 Å². The highest BCUT2D eigenvalue weighted by molar-refractivity contribution is 5.85. The molecule has 0 spiro atoms. The van der Waals surface area contributed by atoms with Crippen molar-refractivity contribution in [2.75, 3.05) is 39.4 Å². The molecule has 0 radical (unpaired) electrons. The quantitative estimate of drug-likeness (QED) is 0.588. The van der Waals surface area contributed by atoms with Gasteiger partial charge in [-0.15, -0.1) is 0 Å². The Morgan fingerprint density at radius 1 is 1.00 bits per heavy atom. The van der Waals surface area contributed by atoms with Gasteiger partial charge in [-0.1, -0.05) is 24.3 Å².